The van der Waals surface area contributed by atoms with Gasteiger partial charge < -0.3 is 10.1 Å². The van der Waals surface area contributed by atoms with Crippen LogP contribution in [0.2, 0.25) is 0 Å². The van der Waals surface area contributed by atoms with Crippen molar-refractivity contribution in [2.45, 2.75) is 33.1 Å². The molecular weight excluding hydrogens is 328 g/mol. The minimum Gasteiger partial charge on any atom is -0.482 e. The van der Waals surface area contributed by atoms with Crippen LogP contribution in [0.25, 0.3) is 0 Å². The Kier molecular flexibility index (Phi) is 5.56. The number of carbonyl (C=O) groups is 2. The van der Waals surface area contributed by atoms with E-state index in [4.69, 9.17) is 4.74 Å². The molecule has 0 aromatic heterocycles. The van der Waals surface area contributed by atoms with Crippen molar-refractivity contribution in [2.75, 3.05) is 23.4 Å². The molecule has 136 valence electrons. The number of benzene rings is 2. The van der Waals surface area contributed by atoms with Gasteiger partial charge in [-0.15, -0.1) is 0 Å². The molecule has 2 amide bonds. The van der Waals surface area contributed by atoms with Crippen LogP contribution in [0.15, 0.2) is 42.5 Å². The number of nitrogens with zero attached hydrogens (tertiary/aromatic N) is 1. The predicted molar refractivity (Wildman–Crippen MR) is 103 cm³/mol. The molecule has 0 unspecified atom stereocenters. The number of amides is 2. The van der Waals surface area contributed by atoms with Crippen molar-refractivity contribution < 1.29 is 14.3 Å². The van der Waals surface area contributed by atoms with Crippen molar-refractivity contribution in [2.24, 2.45) is 0 Å². The van der Waals surface area contributed by atoms with Crippen molar-refractivity contribution in [3.63, 3.8) is 0 Å². The number of hydrogen-bond acceptors (Lipinski definition) is 3. The van der Waals surface area contributed by atoms with Gasteiger partial charge in [-0.1, -0.05) is 31.5 Å². The van der Waals surface area contributed by atoms with E-state index in [1.807, 2.05) is 49.4 Å². The molecule has 1 aliphatic rings. The molecule has 0 bridgehead atoms. The maximum absolute atomic E-state index is 12.4. The molecule has 0 aliphatic carbocycles. The van der Waals surface area contributed by atoms with Gasteiger partial charge in [0, 0.05) is 5.69 Å². The lowest BCUT2D eigenvalue weighted by atomic mass is 10.1. The second-order valence-corrected chi connectivity index (χ2v) is 6.59. The average Bonchev–Trinajstić information content (AvgIpc) is 2.63. The predicted octanol–water partition coefficient (Wildman–Crippen LogP) is 3.70. The van der Waals surface area contributed by atoms with Crippen molar-refractivity contribution >= 4 is 23.2 Å². The van der Waals surface area contributed by atoms with E-state index < -0.39 is 0 Å². The van der Waals surface area contributed by atoms with E-state index in [9.17, 15) is 9.59 Å². The van der Waals surface area contributed by atoms with E-state index in [2.05, 4.69) is 12.2 Å². The molecule has 1 aliphatic heterocycles. The number of fused-ring (bicyclic) bond motifs is 1. The van der Waals surface area contributed by atoms with Crippen LogP contribution in [-0.2, 0) is 16.0 Å². The van der Waals surface area contributed by atoms with Gasteiger partial charge in [-0.05, 0) is 55.2 Å². The van der Waals surface area contributed by atoms with Crippen LogP contribution < -0.4 is 15.0 Å². The second-order valence-electron chi connectivity index (χ2n) is 6.59. The highest BCUT2D eigenvalue weighted by molar-refractivity contribution is 6.05. The van der Waals surface area contributed by atoms with E-state index in [-0.39, 0.29) is 25.0 Å². The molecule has 1 heterocycles. The Hall–Kier alpha value is -2.82. The number of unbranched alkanes of at least 4 members (excludes halogenated alkanes) is 1. The summed E-state index contributed by atoms with van der Waals surface area (Å²) in [5.74, 6) is 0.192. The number of nitrogens with one attached hydrogen (secondary N) is 1. The second kappa shape index (κ2) is 8.04. The molecule has 0 saturated heterocycles. The standard InChI is InChI=1S/C21H24N2O3/c1-3-4-5-16-7-9-17(10-8-16)22-20(24)13-23-18-11-6-15(2)12-19(18)26-14-21(23)25/h6-12H,3-5,13-14H2,1-2H3,(H,22,24). The third-order valence-electron chi connectivity index (χ3n) is 4.42. The maximum Gasteiger partial charge on any atom is 0.265 e. The van der Waals surface area contributed by atoms with Crippen molar-refractivity contribution in [1.29, 1.82) is 0 Å². The molecule has 1 N–H and O–H groups in total. The topological polar surface area (TPSA) is 58.6 Å². The Morgan fingerprint density at radius 3 is 2.69 bits per heavy atom. The fourth-order valence-electron chi connectivity index (χ4n) is 2.96. The van der Waals surface area contributed by atoms with Crippen LogP contribution in [0.4, 0.5) is 11.4 Å². The SMILES string of the molecule is CCCCc1ccc(NC(=O)CN2C(=O)COc3cc(C)ccc32)cc1. The summed E-state index contributed by atoms with van der Waals surface area (Å²) in [5, 5.41) is 2.86. The molecular formula is C21H24N2O3. The summed E-state index contributed by atoms with van der Waals surface area (Å²) in [4.78, 5) is 26.1. The first-order valence-corrected chi connectivity index (χ1v) is 8.99. The largest absolute Gasteiger partial charge is 0.482 e. The lowest BCUT2D eigenvalue weighted by Crippen LogP contribution is -2.43. The summed E-state index contributed by atoms with van der Waals surface area (Å²) in [6.07, 6.45) is 3.36. The number of anilines is 2. The summed E-state index contributed by atoms with van der Waals surface area (Å²) in [6.45, 7) is 4.05. The zero-order chi connectivity index (χ0) is 18.5. The minimum absolute atomic E-state index is 0.0319. The molecule has 5 heteroatoms. The number of rotatable bonds is 6. The summed E-state index contributed by atoms with van der Waals surface area (Å²) >= 11 is 0. The van der Waals surface area contributed by atoms with Crippen molar-refractivity contribution in [3.05, 3.63) is 53.6 Å². The molecule has 0 saturated carbocycles. The highest BCUT2D eigenvalue weighted by Crippen LogP contribution is 2.32. The highest BCUT2D eigenvalue weighted by atomic mass is 16.5. The van der Waals surface area contributed by atoms with Crippen LogP contribution in [0.5, 0.6) is 5.75 Å². The Morgan fingerprint density at radius 1 is 1.19 bits per heavy atom. The Bertz CT molecular complexity index is 799. The molecule has 0 spiro atoms. The van der Waals surface area contributed by atoms with Gasteiger partial charge in [0.25, 0.3) is 5.91 Å². The third kappa shape index (κ3) is 4.23. The van der Waals surface area contributed by atoms with Crippen LogP contribution in [0.1, 0.15) is 30.9 Å². The first kappa shape index (κ1) is 18.0. The van der Waals surface area contributed by atoms with E-state index in [1.54, 1.807) is 0 Å². The van der Waals surface area contributed by atoms with E-state index in [0.29, 0.717) is 11.4 Å². The Morgan fingerprint density at radius 2 is 1.96 bits per heavy atom. The van der Waals surface area contributed by atoms with Gasteiger partial charge in [-0.3, -0.25) is 14.5 Å². The number of ether oxygens (including phenoxy) is 1. The lowest BCUT2D eigenvalue weighted by Gasteiger charge is -2.29. The highest BCUT2D eigenvalue weighted by Gasteiger charge is 2.27. The smallest absolute Gasteiger partial charge is 0.265 e. The number of aryl methyl sites for hydroxylation is 2. The fraction of sp³-hybridized carbons (Fsp3) is 0.333. The first-order chi connectivity index (χ1) is 12.6. The van der Waals surface area contributed by atoms with Crippen LogP contribution in [-0.4, -0.2) is 25.0 Å². The molecule has 0 atom stereocenters. The summed E-state index contributed by atoms with van der Waals surface area (Å²) in [5.41, 5.74) is 3.68. The molecule has 2 aromatic carbocycles. The molecule has 5 nitrogen and oxygen atoms in total. The Labute approximate surface area is 154 Å². The van der Waals surface area contributed by atoms with Gasteiger partial charge >= 0.3 is 0 Å². The van der Waals surface area contributed by atoms with Crippen LogP contribution in [0.3, 0.4) is 0 Å². The van der Waals surface area contributed by atoms with Crippen molar-refractivity contribution in [1.82, 2.24) is 0 Å². The quantitative estimate of drug-likeness (QED) is 0.862. The minimum atomic E-state index is -0.229. The number of hydrogen-bond donors (Lipinski definition) is 1. The van der Waals surface area contributed by atoms with Gasteiger partial charge in [0.1, 0.15) is 12.3 Å². The fourth-order valence-corrected chi connectivity index (χ4v) is 2.96. The maximum atomic E-state index is 12.4. The normalized spacial score (nSPS) is 13.2. The molecule has 0 radical (unpaired) electrons. The average molecular weight is 352 g/mol. The van der Waals surface area contributed by atoms with Crippen molar-refractivity contribution in [3.8, 4) is 5.75 Å². The Balaban J connectivity index is 1.65. The van der Waals surface area contributed by atoms with E-state index in [1.165, 1.54) is 10.5 Å². The zero-order valence-corrected chi connectivity index (χ0v) is 15.2. The summed E-state index contributed by atoms with van der Waals surface area (Å²) in [7, 11) is 0. The van der Waals surface area contributed by atoms with E-state index >= 15 is 0 Å². The third-order valence-corrected chi connectivity index (χ3v) is 4.42. The van der Waals surface area contributed by atoms with E-state index in [0.717, 1.165) is 30.5 Å². The summed E-state index contributed by atoms with van der Waals surface area (Å²) < 4.78 is 5.47. The monoisotopic (exact) mass is 352 g/mol. The van der Waals surface area contributed by atoms with Crippen LogP contribution >= 0.6 is 0 Å². The van der Waals surface area contributed by atoms with Gasteiger partial charge in [-0.2, -0.15) is 0 Å². The molecule has 26 heavy (non-hydrogen) atoms. The zero-order valence-electron chi connectivity index (χ0n) is 15.2. The first-order valence-electron chi connectivity index (χ1n) is 8.99. The van der Waals surface area contributed by atoms with Crippen LogP contribution in [0, 0.1) is 6.92 Å². The lowest BCUT2D eigenvalue weighted by molar-refractivity contribution is -0.123. The summed E-state index contributed by atoms with van der Waals surface area (Å²) in [6, 6.07) is 13.5. The number of carbonyl (C=O) groups excluding carboxylic acids is 2. The van der Waals surface area contributed by atoms with Gasteiger partial charge in [0.05, 0.1) is 5.69 Å². The van der Waals surface area contributed by atoms with Gasteiger partial charge in [0.15, 0.2) is 6.61 Å². The molecule has 3 rings (SSSR count). The van der Waals surface area contributed by atoms with Gasteiger partial charge in [-0.25, -0.2) is 0 Å². The molecule has 2 aromatic rings. The molecule has 0 fully saturated rings. The van der Waals surface area contributed by atoms with Gasteiger partial charge in [0.2, 0.25) is 5.91 Å².